The van der Waals surface area contributed by atoms with Crippen molar-refractivity contribution in [3.63, 3.8) is 0 Å². The summed E-state index contributed by atoms with van der Waals surface area (Å²) in [5, 5.41) is 0. The molecule has 0 radical (unpaired) electrons. The van der Waals surface area contributed by atoms with E-state index in [0.29, 0.717) is 19.7 Å². The molecule has 2 aromatic carbocycles. The first-order chi connectivity index (χ1) is 17.4. The molecular formula is C28H33FN2O5. The Morgan fingerprint density at radius 1 is 1.14 bits per heavy atom. The van der Waals surface area contributed by atoms with Crippen LogP contribution in [0.2, 0.25) is 0 Å². The Morgan fingerprint density at radius 3 is 2.64 bits per heavy atom. The Kier molecular flexibility index (Phi) is 8.04. The van der Waals surface area contributed by atoms with Gasteiger partial charge in [0.25, 0.3) is 0 Å². The van der Waals surface area contributed by atoms with Crippen molar-refractivity contribution in [1.29, 1.82) is 0 Å². The van der Waals surface area contributed by atoms with Gasteiger partial charge in [-0.05, 0) is 37.5 Å². The molecule has 0 aliphatic carbocycles. The third-order valence-corrected chi connectivity index (χ3v) is 7.21. The molecule has 0 aromatic heterocycles. The summed E-state index contributed by atoms with van der Waals surface area (Å²) in [5.41, 5.74) is -0.415. The summed E-state index contributed by atoms with van der Waals surface area (Å²) in [6, 6.07) is 13.7. The molecule has 0 spiro atoms. The molecule has 3 amide bonds. The summed E-state index contributed by atoms with van der Waals surface area (Å²) >= 11 is 0. The lowest BCUT2D eigenvalue weighted by Crippen LogP contribution is -2.47. The van der Waals surface area contributed by atoms with E-state index in [9.17, 15) is 18.8 Å². The second-order valence-corrected chi connectivity index (χ2v) is 9.68. The lowest BCUT2D eigenvalue weighted by molar-refractivity contribution is -0.143. The van der Waals surface area contributed by atoms with Crippen LogP contribution in [0.3, 0.4) is 0 Å². The fourth-order valence-corrected chi connectivity index (χ4v) is 5.23. The van der Waals surface area contributed by atoms with Crippen molar-refractivity contribution in [2.75, 3.05) is 40.0 Å². The van der Waals surface area contributed by atoms with E-state index in [1.807, 2.05) is 31.2 Å². The Morgan fingerprint density at radius 2 is 1.89 bits per heavy atom. The van der Waals surface area contributed by atoms with Gasteiger partial charge in [0.2, 0.25) is 17.7 Å². The van der Waals surface area contributed by atoms with Gasteiger partial charge in [0.05, 0.1) is 25.2 Å². The van der Waals surface area contributed by atoms with Crippen molar-refractivity contribution in [1.82, 2.24) is 9.80 Å². The minimum atomic E-state index is -1.56. The van der Waals surface area contributed by atoms with Gasteiger partial charge in [-0.2, -0.15) is 0 Å². The first kappa shape index (κ1) is 25.8. The number of aryl methyl sites for hydroxylation is 1. The third kappa shape index (κ3) is 5.28. The lowest BCUT2D eigenvalue weighted by atomic mass is 9.75. The largest absolute Gasteiger partial charge is 0.493 e. The number of nitrogens with zero attached hydrogens (tertiary/aromatic N) is 2. The number of halogens is 1. The molecule has 2 aliphatic rings. The van der Waals surface area contributed by atoms with Crippen LogP contribution in [0.5, 0.6) is 5.75 Å². The number of methoxy groups -OCH3 is 1. The van der Waals surface area contributed by atoms with E-state index in [2.05, 4.69) is 0 Å². The number of rotatable bonds is 9. The zero-order valence-corrected chi connectivity index (χ0v) is 20.9. The molecule has 0 saturated carbocycles. The van der Waals surface area contributed by atoms with Crippen LogP contribution in [0.4, 0.5) is 4.39 Å². The number of benzene rings is 2. The van der Waals surface area contributed by atoms with Crippen molar-refractivity contribution in [3.8, 4) is 5.75 Å². The molecule has 36 heavy (non-hydrogen) atoms. The topological polar surface area (TPSA) is 76.2 Å². The van der Waals surface area contributed by atoms with E-state index in [1.54, 1.807) is 11.0 Å². The molecule has 8 heteroatoms. The maximum Gasteiger partial charge on any atom is 0.241 e. The minimum absolute atomic E-state index is 0.0700. The van der Waals surface area contributed by atoms with Gasteiger partial charge >= 0.3 is 0 Å². The lowest BCUT2D eigenvalue weighted by Gasteiger charge is -2.35. The zero-order chi connectivity index (χ0) is 25.7. The summed E-state index contributed by atoms with van der Waals surface area (Å²) in [6.07, 6.45) is 1.24. The van der Waals surface area contributed by atoms with Gasteiger partial charge in [0.1, 0.15) is 11.6 Å². The SMILES string of the molecule is COCCN1C(=O)C[C@](CC(=O)N2CCC[C@@H](COc3ccccc3C)C2)(c2ccccc2F)C1=O. The number of carbonyl (C=O) groups is 3. The molecule has 0 unspecified atom stereocenters. The number of ether oxygens (including phenoxy) is 2. The highest BCUT2D eigenvalue weighted by Gasteiger charge is 2.55. The summed E-state index contributed by atoms with van der Waals surface area (Å²) in [5.74, 6) is -0.844. The van der Waals surface area contributed by atoms with Gasteiger partial charge in [-0.25, -0.2) is 4.39 Å². The minimum Gasteiger partial charge on any atom is -0.493 e. The van der Waals surface area contributed by atoms with E-state index in [-0.39, 0.29) is 43.4 Å². The Balaban J connectivity index is 1.51. The maximum atomic E-state index is 15.0. The fraction of sp³-hybridized carbons (Fsp3) is 0.464. The number of imide groups is 1. The fourth-order valence-electron chi connectivity index (χ4n) is 5.23. The Bertz CT molecular complexity index is 1120. The van der Waals surface area contributed by atoms with Gasteiger partial charge in [-0.15, -0.1) is 0 Å². The van der Waals surface area contributed by atoms with Crippen LogP contribution in [0.15, 0.2) is 48.5 Å². The van der Waals surface area contributed by atoms with Gasteiger partial charge in [-0.3, -0.25) is 19.3 Å². The molecule has 7 nitrogen and oxygen atoms in total. The Hall–Kier alpha value is -3.26. The first-order valence-electron chi connectivity index (χ1n) is 12.4. The molecule has 0 N–H and O–H groups in total. The Labute approximate surface area is 211 Å². The molecular weight excluding hydrogens is 463 g/mol. The summed E-state index contributed by atoms with van der Waals surface area (Å²) in [6.45, 7) is 3.77. The molecule has 2 aromatic rings. The standard InChI is InChI=1S/C28H33FN2O5/c1-20-8-3-6-12-24(20)36-19-21-9-7-13-30(18-21)25(32)16-28(22-10-4-5-11-23(22)29)17-26(33)31(27(28)34)14-15-35-2/h3-6,8,10-12,21H,7,9,13-19H2,1-2H3/t21-,28-/m1/s1. The average Bonchev–Trinajstić information content (AvgIpc) is 3.11. The highest BCUT2D eigenvalue weighted by atomic mass is 19.1. The second kappa shape index (κ2) is 11.2. The predicted molar refractivity (Wildman–Crippen MR) is 132 cm³/mol. The van der Waals surface area contributed by atoms with E-state index in [1.165, 1.54) is 25.3 Å². The van der Waals surface area contributed by atoms with Crippen LogP contribution in [-0.2, 0) is 24.5 Å². The van der Waals surface area contributed by atoms with E-state index in [0.717, 1.165) is 29.1 Å². The first-order valence-corrected chi connectivity index (χ1v) is 12.4. The highest BCUT2D eigenvalue weighted by molar-refractivity contribution is 6.10. The number of piperidine rings is 1. The van der Waals surface area contributed by atoms with Gasteiger partial charge in [-0.1, -0.05) is 36.4 Å². The van der Waals surface area contributed by atoms with Crippen molar-refractivity contribution in [2.45, 2.75) is 38.0 Å². The quantitative estimate of drug-likeness (QED) is 0.497. The molecule has 192 valence electrons. The van der Waals surface area contributed by atoms with E-state index in [4.69, 9.17) is 9.47 Å². The van der Waals surface area contributed by atoms with E-state index >= 15 is 0 Å². The maximum absolute atomic E-state index is 15.0. The normalized spacial score (nSPS) is 22.2. The van der Waals surface area contributed by atoms with Crippen LogP contribution < -0.4 is 4.74 Å². The van der Waals surface area contributed by atoms with Crippen molar-refractivity contribution < 1.29 is 28.2 Å². The summed E-state index contributed by atoms with van der Waals surface area (Å²) < 4.78 is 26.0. The van der Waals surface area contributed by atoms with Crippen LogP contribution in [0.1, 0.15) is 36.8 Å². The molecule has 0 bridgehead atoms. The van der Waals surface area contributed by atoms with Crippen molar-refractivity contribution in [2.24, 2.45) is 5.92 Å². The van der Waals surface area contributed by atoms with Gasteiger partial charge in [0.15, 0.2) is 0 Å². The predicted octanol–water partition coefficient (Wildman–Crippen LogP) is 3.48. The number of para-hydroxylation sites is 1. The van der Waals surface area contributed by atoms with E-state index < -0.39 is 23.0 Å². The summed E-state index contributed by atoms with van der Waals surface area (Å²) in [4.78, 5) is 42.8. The van der Waals surface area contributed by atoms with Crippen LogP contribution in [0.25, 0.3) is 0 Å². The third-order valence-electron chi connectivity index (χ3n) is 7.21. The highest BCUT2D eigenvalue weighted by Crippen LogP contribution is 2.41. The summed E-state index contributed by atoms with van der Waals surface area (Å²) in [7, 11) is 1.48. The van der Waals surface area contributed by atoms with Gasteiger partial charge < -0.3 is 14.4 Å². The number of hydrogen-bond donors (Lipinski definition) is 0. The average molecular weight is 497 g/mol. The number of carbonyl (C=O) groups excluding carboxylic acids is 3. The smallest absolute Gasteiger partial charge is 0.241 e. The second-order valence-electron chi connectivity index (χ2n) is 9.68. The monoisotopic (exact) mass is 496 g/mol. The molecule has 2 atom stereocenters. The molecule has 2 saturated heterocycles. The van der Waals surface area contributed by atoms with Gasteiger partial charge in [0, 0.05) is 44.5 Å². The molecule has 2 heterocycles. The van der Waals surface area contributed by atoms with Crippen molar-refractivity contribution in [3.05, 3.63) is 65.5 Å². The zero-order valence-electron chi connectivity index (χ0n) is 20.9. The molecule has 4 rings (SSSR count). The van der Waals surface area contributed by atoms with Crippen molar-refractivity contribution >= 4 is 17.7 Å². The number of amides is 3. The van der Waals surface area contributed by atoms with Crippen LogP contribution in [0, 0.1) is 18.7 Å². The van der Waals surface area contributed by atoms with Crippen LogP contribution >= 0.6 is 0 Å². The number of hydrogen-bond acceptors (Lipinski definition) is 5. The molecule has 2 aliphatic heterocycles. The molecule has 2 fully saturated rings. The number of likely N-dealkylation sites (tertiary alicyclic amines) is 2. The van der Waals surface area contributed by atoms with Crippen LogP contribution in [-0.4, -0.2) is 67.5 Å².